The number of amides is 1. The number of carbonyl (C=O) groups is 3. The van der Waals surface area contributed by atoms with Crippen LogP contribution < -0.4 is 5.32 Å². The van der Waals surface area contributed by atoms with E-state index in [4.69, 9.17) is 5.11 Å². The summed E-state index contributed by atoms with van der Waals surface area (Å²) in [5, 5.41) is 11.2. The molecule has 7 heteroatoms. The van der Waals surface area contributed by atoms with Crippen LogP contribution in [-0.2, 0) is 19.1 Å². The number of carboxylic acids is 1. The van der Waals surface area contributed by atoms with Crippen LogP contribution in [0, 0.1) is 0 Å². The average Bonchev–Trinajstić information content (AvgIpc) is 2.30. The van der Waals surface area contributed by atoms with Crippen LogP contribution >= 0.6 is 11.8 Å². The second-order valence-corrected chi connectivity index (χ2v) is 4.90. The van der Waals surface area contributed by atoms with Crippen molar-refractivity contribution in [2.24, 2.45) is 0 Å². The summed E-state index contributed by atoms with van der Waals surface area (Å²) in [6.45, 7) is 1.29. The van der Waals surface area contributed by atoms with E-state index >= 15 is 0 Å². The van der Waals surface area contributed by atoms with E-state index in [0.717, 1.165) is 5.75 Å². The summed E-state index contributed by atoms with van der Waals surface area (Å²) in [6, 6.07) is -0.837. The average molecular weight is 277 g/mol. The molecule has 0 aliphatic heterocycles. The van der Waals surface area contributed by atoms with Crippen LogP contribution in [-0.4, -0.2) is 47.6 Å². The molecule has 0 aliphatic carbocycles. The van der Waals surface area contributed by atoms with Crippen molar-refractivity contribution in [3.8, 4) is 0 Å². The first-order valence-electron chi connectivity index (χ1n) is 5.61. The van der Waals surface area contributed by atoms with Gasteiger partial charge in [0, 0.05) is 13.3 Å². The molecule has 0 bridgehead atoms. The quantitative estimate of drug-likeness (QED) is 0.475. The zero-order valence-corrected chi connectivity index (χ0v) is 11.4. The van der Waals surface area contributed by atoms with Crippen LogP contribution in [0.5, 0.6) is 0 Å². The molecule has 1 atom stereocenters. The number of aliphatic carboxylic acids is 1. The van der Waals surface area contributed by atoms with Gasteiger partial charge in [-0.25, -0.2) is 4.79 Å². The number of carbonyl (C=O) groups excluding carboxylic acids is 2. The van der Waals surface area contributed by atoms with Gasteiger partial charge in [-0.1, -0.05) is 0 Å². The lowest BCUT2D eigenvalue weighted by molar-refractivity contribution is -0.141. The molecule has 6 nitrogen and oxygen atoms in total. The van der Waals surface area contributed by atoms with Crippen LogP contribution in [0.2, 0.25) is 0 Å². The zero-order valence-electron chi connectivity index (χ0n) is 10.6. The fraction of sp³-hybridized carbons (Fsp3) is 0.727. The van der Waals surface area contributed by atoms with Gasteiger partial charge in [0.1, 0.15) is 6.04 Å². The van der Waals surface area contributed by atoms with E-state index in [1.165, 1.54) is 14.0 Å². The van der Waals surface area contributed by atoms with Crippen LogP contribution in [0.25, 0.3) is 0 Å². The van der Waals surface area contributed by atoms with Crippen molar-refractivity contribution in [3.05, 3.63) is 0 Å². The summed E-state index contributed by atoms with van der Waals surface area (Å²) in [4.78, 5) is 32.4. The molecule has 0 radical (unpaired) electrons. The van der Waals surface area contributed by atoms with Gasteiger partial charge in [0.15, 0.2) is 0 Å². The lowest BCUT2D eigenvalue weighted by atomic mass is 10.2. The van der Waals surface area contributed by atoms with E-state index < -0.39 is 12.0 Å². The second kappa shape index (κ2) is 9.76. The third kappa shape index (κ3) is 8.86. The number of hydrogen-bond donors (Lipinski definition) is 2. The first-order chi connectivity index (χ1) is 8.47. The van der Waals surface area contributed by atoms with Crippen molar-refractivity contribution >= 4 is 29.6 Å². The van der Waals surface area contributed by atoms with E-state index in [9.17, 15) is 14.4 Å². The maximum Gasteiger partial charge on any atom is 0.326 e. The number of methoxy groups -OCH3 is 1. The van der Waals surface area contributed by atoms with Gasteiger partial charge in [-0.2, -0.15) is 11.8 Å². The highest BCUT2D eigenvalue weighted by Gasteiger charge is 2.17. The van der Waals surface area contributed by atoms with Crippen molar-refractivity contribution in [3.63, 3.8) is 0 Å². The molecule has 0 spiro atoms. The minimum Gasteiger partial charge on any atom is -0.480 e. The number of nitrogens with one attached hydrogen (secondary N) is 1. The fourth-order valence-corrected chi connectivity index (χ4v) is 2.18. The molecular weight excluding hydrogens is 258 g/mol. The maximum atomic E-state index is 10.8. The Kier molecular flexibility index (Phi) is 9.08. The summed E-state index contributed by atoms with van der Waals surface area (Å²) in [7, 11) is 1.35. The molecule has 0 aromatic rings. The van der Waals surface area contributed by atoms with Crippen molar-refractivity contribution in [1.29, 1.82) is 0 Å². The van der Waals surface area contributed by atoms with Gasteiger partial charge >= 0.3 is 11.9 Å². The number of thioether (sulfide) groups is 1. The van der Waals surface area contributed by atoms with E-state index in [2.05, 4.69) is 10.1 Å². The normalized spacial score (nSPS) is 11.7. The number of esters is 1. The van der Waals surface area contributed by atoms with Gasteiger partial charge in [-0.05, 0) is 24.3 Å². The number of ether oxygens (including phenoxy) is 1. The molecule has 18 heavy (non-hydrogen) atoms. The lowest BCUT2D eigenvalue weighted by Gasteiger charge is -2.12. The van der Waals surface area contributed by atoms with Crippen molar-refractivity contribution in [1.82, 2.24) is 5.32 Å². The number of hydrogen-bond acceptors (Lipinski definition) is 5. The summed E-state index contributed by atoms with van der Waals surface area (Å²) >= 11 is 1.56. The predicted molar refractivity (Wildman–Crippen MR) is 68.4 cm³/mol. The summed E-state index contributed by atoms with van der Waals surface area (Å²) < 4.78 is 4.50. The Labute approximate surface area is 110 Å². The molecule has 0 saturated carbocycles. The molecule has 0 aromatic heterocycles. The largest absolute Gasteiger partial charge is 0.480 e. The highest BCUT2D eigenvalue weighted by molar-refractivity contribution is 7.99. The van der Waals surface area contributed by atoms with E-state index in [0.29, 0.717) is 25.0 Å². The van der Waals surface area contributed by atoms with Gasteiger partial charge in [0.25, 0.3) is 0 Å². The van der Waals surface area contributed by atoms with Crippen molar-refractivity contribution in [2.45, 2.75) is 32.2 Å². The van der Waals surface area contributed by atoms with Crippen molar-refractivity contribution in [2.75, 3.05) is 18.6 Å². The summed E-state index contributed by atoms with van der Waals surface area (Å²) in [5.41, 5.74) is 0. The Balaban J connectivity index is 3.64. The van der Waals surface area contributed by atoms with E-state index in [-0.39, 0.29) is 11.9 Å². The molecule has 0 saturated heterocycles. The zero-order chi connectivity index (χ0) is 14.0. The first-order valence-corrected chi connectivity index (χ1v) is 6.77. The van der Waals surface area contributed by atoms with Gasteiger partial charge in [-0.3, -0.25) is 9.59 Å². The monoisotopic (exact) mass is 277 g/mol. The number of rotatable bonds is 9. The molecule has 104 valence electrons. The molecular formula is C11H19NO5S. The molecule has 0 heterocycles. The van der Waals surface area contributed by atoms with Gasteiger partial charge in [0.05, 0.1) is 7.11 Å². The van der Waals surface area contributed by atoms with E-state index in [1.54, 1.807) is 11.8 Å². The highest BCUT2D eigenvalue weighted by atomic mass is 32.2. The molecule has 0 aliphatic rings. The Morgan fingerprint density at radius 1 is 1.33 bits per heavy atom. The van der Waals surface area contributed by atoms with Crippen molar-refractivity contribution < 1.29 is 24.2 Å². The minimum absolute atomic E-state index is 0.239. The molecule has 1 unspecified atom stereocenters. The summed E-state index contributed by atoms with van der Waals surface area (Å²) in [6.07, 6.45) is 1.45. The fourth-order valence-electron chi connectivity index (χ4n) is 1.23. The third-order valence-corrected chi connectivity index (χ3v) is 3.23. The Hall–Kier alpha value is -1.24. The van der Waals surface area contributed by atoms with Crippen LogP contribution in [0.4, 0.5) is 0 Å². The highest BCUT2D eigenvalue weighted by Crippen LogP contribution is 2.08. The Morgan fingerprint density at radius 3 is 2.50 bits per heavy atom. The smallest absolute Gasteiger partial charge is 0.326 e. The van der Waals surface area contributed by atoms with Gasteiger partial charge in [0.2, 0.25) is 5.91 Å². The topological polar surface area (TPSA) is 92.7 Å². The molecule has 0 rings (SSSR count). The standard InChI is InChI=1S/C11H19NO5S/c1-8(13)12-9(11(15)16)5-7-18-6-3-4-10(14)17-2/h9H,3-7H2,1-2H3,(H,12,13)(H,15,16). The predicted octanol–water partition coefficient (Wildman–Crippen LogP) is 0.652. The maximum absolute atomic E-state index is 10.8. The minimum atomic E-state index is -1.03. The molecule has 0 fully saturated rings. The first kappa shape index (κ1) is 16.8. The molecule has 0 aromatic carbocycles. The van der Waals surface area contributed by atoms with Crippen LogP contribution in [0.3, 0.4) is 0 Å². The van der Waals surface area contributed by atoms with Gasteiger partial charge < -0.3 is 15.2 Å². The second-order valence-electron chi connectivity index (χ2n) is 3.67. The van der Waals surface area contributed by atoms with Crippen LogP contribution in [0.1, 0.15) is 26.2 Å². The van der Waals surface area contributed by atoms with Gasteiger partial charge in [-0.15, -0.1) is 0 Å². The lowest BCUT2D eigenvalue weighted by Crippen LogP contribution is -2.39. The Morgan fingerprint density at radius 2 is 2.00 bits per heavy atom. The Bertz CT molecular complexity index is 295. The molecule has 2 N–H and O–H groups in total. The number of carboxylic acid groups (broad SMARTS) is 1. The SMILES string of the molecule is COC(=O)CCCSCCC(NC(C)=O)C(=O)O. The molecule has 1 amide bonds. The third-order valence-electron chi connectivity index (χ3n) is 2.12. The van der Waals surface area contributed by atoms with Crippen LogP contribution in [0.15, 0.2) is 0 Å². The summed E-state index contributed by atoms with van der Waals surface area (Å²) in [5.74, 6) is -0.226. The van der Waals surface area contributed by atoms with E-state index in [1.807, 2.05) is 0 Å².